The van der Waals surface area contributed by atoms with Gasteiger partial charge in [0.2, 0.25) is 0 Å². The number of amides is 2. The van der Waals surface area contributed by atoms with Gasteiger partial charge in [-0.15, -0.1) is 0 Å². The number of nitro benzene ring substituents is 2. The molecule has 4 aromatic rings. The summed E-state index contributed by atoms with van der Waals surface area (Å²) in [5.74, 6) is -1.04. The molecule has 0 atom stereocenters. The molecule has 0 N–H and O–H groups in total. The van der Waals surface area contributed by atoms with Gasteiger partial charge >= 0.3 is 0 Å². The van der Waals surface area contributed by atoms with Crippen LogP contribution in [0.5, 0.6) is 0 Å². The molecule has 2 heterocycles. The van der Waals surface area contributed by atoms with E-state index in [1.165, 1.54) is 48.6 Å². The van der Waals surface area contributed by atoms with Crippen LogP contribution < -0.4 is 0 Å². The molecule has 0 spiro atoms. The Balaban J connectivity index is 1.40. The van der Waals surface area contributed by atoms with E-state index in [0.29, 0.717) is 22.3 Å². The summed E-state index contributed by atoms with van der Waals surface area (Å²) in [5, 5.41) is 22.7. The number of hydrogen-bond acceptors (Lipinski definition) is 10. The third-order valence-electron chi connectivity index (χ3n) is 7.14. The number of thiocarbonyl (C=S) groups is 2. The SMILES string of the molecule is O=C1C(=Cc2cccc([N+](=O)[O-])c2)N=C(c2ccccc2)N1C(=S)C(=S)N1C(=O)C(=Cc2cccc([N+](=O)[O-])c2)N=C1c1ccccc1. The summed E-state index contributed by atoms with van der Waals surface area (Å²) in [5.41, 5.74) is 1.33. The molecule has 4 aromatic carbocycles. The number of aliphatic imine (C=N–C) groups is 2. The van der Waals surface area contributed by atoms with Gasteiger partial charge in [-0.2, -0.15) is 0 Å². The van der Waals surface area contributed by atoms with Crippen molar-refractivity contribution in [3.63, 3.8) is 0 Å². The predicted molar refractivity (Wildman–Crippen MR) is 187 cm³/mol. The number of carbonyl (C=O) groups excluding carboxylic acids is 2. The fraction of sp³-hybridized carbons (Fsp3) is 0. The summed E-state index contributed by atoms with van der Waals surface area (Å²) >= 11 is 11.6. The van der Waals surface area contributed by atoms with Crippen molar-refractivity contribution in [3.8, 4) is 0 Å². The summed E-state index contributed by atoms with van der Waals surface area (Å²) < 4.78 is 0. The molecule has 48 heavy (non-hydrogen) atoms. The summed E-state index contributed by atoms with van der Waals surface area (Å²) in [4.78, 5) is 60.4. The predicted octanol–water partition coefficient (Wildman–Crippen LogP) is 6.12. The summed E-state index contributed by atoms with van der Waals surface area (Å²) in [7, 11) is 0. The van der Waals surface area contributed by atoms with E-state index in [1.54, 1.807) is 72.8 Å². The fourth-order valence-corrected chi connectivity index (χ4v) is 5.46. The van der Waals surface area contributed by atoms with E-state index >= 15 is 0 Å². The average Bonchev–Trinajstić information content (AvgIpc) is 3.60. The Morgan fingerprint density at radius 3 is 1.31 bits per heavy atom. The summed E-state index contributed by atoms with van der Waals surface area (Å²) in [6.07, 6.45) is 2.81. The molecule has 0 unspecified atom stereocenters. The molecule has 2 aliphatic rings. The Bertz CT molecular complexity index is 2030. The van der Waals surface area contributed by atoms with Gasteiger partial charge < -0.3 is 0 Å². The van der Waals surface area contributed by atoms with E-state index in [1.807, 2.05) is 0 Å². The van der Waals surface area contributed by atoms with Gasteiger partial charge in [0, 0.05) is 35.4 Å². The van der Waals surface area contributed by atoms with Crippen LogP contribution in [-0.2, 0) is 9.59 Å². The van der Waals surface area contributed by atoms with E-state index in [0.717, 1.165) is 9.80 Å². The second-order valence-corrected chi connectivity index (χ2v) is 11.0. The zero-order valence-electron chi connectivity index (χ0n) is 24.5. The van der Waals surface area contributed by atoms with Gasteiger partial charge in [0.25, 0.3) is 23.2 Å². The largest absolute Gasteiger partial charge is 0.283 e. The second kappa shape index (κ2) is 13.2. The van der Waals surface area contributed by atoms with Gasteiger partial charge in [0.1, 0.15) is 23.1 Å². The van der Waals surface area contributed by atoms with Crippen LogP contribution in [-0.4, -0.2) is 53.1 Å². The van der Waals surface area contributed by atoms with Crippen molar-refractivity contribution in [3.05, 3.63) is 163 Å². The molecule has 2 aliphatic heterocycles. The maximum absolute atomic E-state index is 14.0. The topological polar surface area (TPSA) is 152 Å². The van der Waals surface area contributed by atoms with Crippen molar-refractivity contribution < 1.29 is 19.4 Å². The Labute approximate surface area is 283 Å². The molecule has 6 rings (SSSR count). The van der Waals surface area contributed by atoms with E-state index in [4.69, 9.17) is 24.4 Å². The molecular weight excluding hydrogens is 653 g/mol. The maximum atomic E-state index is 14.0. The number of amidine groups is 2. The maximum Gasteiger partial charge on any atom is 0.283 e. The Kier molecular flexibility index (Phi) is 8.66. The number of hydrogen-bond donors (Lipinski definition) is 0. The van der Waals surface area contributed by atoms with Crippen molar-refractivity contribution in [1.29, 1.82) is 0 Å². The van der Waals surface area contributed by atoms with Crippen molar-refractivity contribution in [2.45, 2.75) is 0 Å². The van der Waals surface area contributed by atoms with Crippen molar-refractivity contribution in [1.82, 2.24) is 9.80 Å². The minimum atomic E-state index is -0.662. The van der Waals surface area contributed by atoms with Gasteiger partial charge in [-0.3, -0.25) is 29.8 Å². The van der Waals surface area contributed by atoms with E-state index in [2.05, 4.69) is 9.98 Å². The first-order chi connectivity index (χ1) is 23.1. The molecule has 0 radical (unpaired) electrons. The van der Waals surface area contributed by atoms with Gasteiger partial charge in [-0.05, 0) is 23.3 Å². The van der Waals surface area contributed by atoms with Gasteiger partial charge in [0.15, 0.2) is 9.98 Å². The molecule has 12 nitrogen and oxygen atoms in total. The highest BCUT2D eigenvalue weighted by molar-refractivity contribution is 7.89. The monoisotopic (exact) mass is 672 g/mol. The molecule has 0 aliphatic carbocycles. The summed E-state index contributed by atoms with van der Waals surface area (Å²) in [6.45, 7) is 0. The van der Waals surface area contributed by atoms with Crippen molar-refractivity contribution in [2.75, 3.05) is 0 Å². The number of nitrogens with zero attached hydrogens (tertiary/aromatic N) is 6. The molecule has 2 amide bonds. The van der Waals surface area contributed by atoms with Crippen molar-refractivity contribution >= 4 is 81.4 Å². The third-order valence-corrected chi connectivity index (χ3v) is 8.02. The van der Waals surface area contributed by atoms with Crippen LogP contribution >= 0.6 is 24.4 Å². The van der Waals surface area contributed by atoms with E-state index in [9.17, 15) is 29.8 Å². The highest BCUT2D eigenvalue weighted by Crippen LogP contribution is 2.28. The van der Waals surface area contributed by atoms with Crippen LogP contribution in [0, 0.1) is 20.2 Å². The molecule has 234 valence electrons. The Morgan fingerprint density at radius 2 is 0.958 bits per heavy atom. The number of rotatable bonds is 6. The lowest BCUT2D eigenvalue weighted by atomic mass is 10.1. The Hall–Kier alpha value is -6.38. The molecule has 0 saturated carbocycles. The number of non-ortho nitro benzene ring substituents is 2. The molecule has 0 fully saturated rings. The van der Waals surface area contributed by atoms with Crippen LogP contribution in [0.25, 0.3) is 12.2 Å². The first-order valence-electron chi connectivity index (χ1n) is 14.1. The van der Waals surface area contributed by atoms with E-state index in [-0.39, 0.29) is 44.4 Å². The zero-order valence-corrected chi connectivity index (χ0v) is 26.1. The fourth-order valence-electron chi connectivity index (χ4n) is 4.94. The standard InChI is InChI=1S/C34H20N6O6S2/c41-31-27(19-21-9-7-15-25(17-21)39(43)44)35-29(23-11-3-1-4-12-23)37(31)33(47)34(48)38-30(24-13-5-2-6-14-24)36-28(32(38)42)20-22-10-8-16-26(18-22)40(45)46/h1-20H. The first kappa shape index (κ1) is 31.6. The smallest absolute Gasteiger partial charge is 0.266 e. The van der Waals surface area contributed by atoms with Gasteiger partial charge in [-0.25, -0.2) is 19.8 Å². The van der Waals surface area contributed by atoms with Crippen LogP contribution in [0.3, 0.4) is 0 Å². The van der Waals surface area contributed by atoms with Crippen LogP contribution in [0.2, 0.25) is 0 Å². The van der Waals surface area contributed by atoms with E-state index < -0.39 is 21.7 Å². The summed E-state index contributed by atoms with van der Waals surface area (Å²) in [6, 6.07) is 28.9. The third kappa shape index (κ3) is 6.20. The lowest BCUT2D eigenvalue weighted by Crippen LogP contribution is -2.49. The van der Waals surface area contributed by atoms with Crippen LogP contribution in [0.1, 0.15) is 22.3 Å². The van der Waals surface area contributed by atoms with Crippen LogP contribution in [0.4, 0.5) is 11.4 Å². The van der Waals surface area contributed by atoms with Crippen molar-refractivity contribution in [2.24, 2.45) is 9.98 Å². The number of benzene rings is 4. The molecule has 0 bridgehead atoms. The highest BCUT2D eigenvalue weighted by atomic mass is 32.1. The lowest BCUT2D eigenvalue weighted by molar-refractivity contribution is -0.385. The lowest BCUT2D eigenvalue weighted by Gasteiger charge is -2.25. The molecule has 0 aromatic heterocycles. The zero-order chi connectivity index (χ0) is 33.9. The minimum Gasteiger partial charge on any atom is -0.266 e. The second-order valence-electron chi connectivity index (χ2n) is 10.3. The number of carbonyl (C=O) groups is 2. The number of nitro groups is 2. The average molecular weight is 673 g/mol. The van der Waals surface area contributed by atoms with Gasteiger partial charge in [-0.1, -0.05) is 109 Å². The molecule has 14 heteroatoms. The van der Waals surface area contributed by atoms with Gasteiger partial charge in [0.05, 0.1) is 9.85 Å². The van der Waals surface area contributed by atoms with Crippen LogP contribution in [0.15, 0.2) is 131 Å². The quantitative estimate of drug-likeness (QED) is 0.103. The highest BCUT2D eigenvalue weighted by Gasteiger charge is 2.41. The molecule has 0 saturated heterocycles. The minimum absolute atomic E-state index is 0.0598. The first-order valence-corrected chi connectivity index (χ1v) is 14.9. The molecular formula is C34H20N6O6S2. The Morgan fingerprint density at radius 1 is 0.583 bits per heavy atom. The normalized spacial score (nSPS) is 15.9.